The maximum atomic E-state index is 12.3. The zero-order valence-electron chi connectivity index (χ0n) is 10.6. The lowest BCUT2D eigenvalue weighted by molar-refractivity contribution is -0.142. The fraction of sp³-hybridized carbons (Fsp3) is 0.833. The van der Waals surface area contributed by atoms with Crippen LogP contribution in [0.2, 0.25) is 0 Å². The Morgan fingerprint density at radius 2 is 2.18 bits per heavy atom. The number of rotatable bonds is 5. The molecular weight excluding hydrogens is 220 g/mol. The number of hydrogen-bond donors (Lipinski definition) is 0. The van der Waals surface area contributed by atoms with Crippen molar-refractivity contribution in [2.45, 2.75) is 19.3 Å². The monoisotopic (exact) mass is 240 g/mol. The lowest BCUT2D eigenvalue weighted by Crippen LogP contribution is -2.45. The summed E-state index contributed by atoms with van der Waals surface area (Å²) in [5.41, 5.74) is -0.875. The van der Waals surface area contributed by atoms with Gasteiger partial charge in [0, 0.05) is 40.5 Å². The van der Waals surface area contributed by atoms with E-state index < -0.39 is 5.41 Å². The molecule has 0 aliphatic carbocycles. The largest absolute Gasteiger partial charge is 0.385 e. The first-order valence-electron chi connectivity index (χ1n) is 5.90. The van der Waals surface area contributed by atoms with Crippen LogP contribution >= 0.6 is 0 Å². The molecule has 1 aliphatic heterocycles. The van der Waals surface area contributed by atoms with Crippen molar-refractivity contribution in [3.8, 4) is 6.07 Å². The fourth-order valence-electron chi connectivity index (χ4n) is 2.01. The molecule has 0 saturated carbocycles. The molecule has 1 aliphatic rings. The Morgan fingerprint density at radius 3 is 2.71 bits per heavy atom. The van der Waals surface area contributed by atoms with Gasteiger partial charge in [-0.15, -0.1) is 0 Å². The Morgan fingerprint density at radius 1 is 1.53 bits per heavy atom. The highest BCUT2D eigenvalue weighted by Crippen LogP contribution is 2.31. The minimum absolute atomic E-state index is 0.0839. The fourth-order valence-corrected chi connectivity index (χ4v) is 2.01. The SMILES string of the molecule is COCCCN(C)C(=O)C1(C#N)CCOCC1. The molecule has 1 rings (SSSR count). The van der Waals surface area contributed by atoms with Crippen LogP contribution in [0.25, 0.3) is 0 Å². The van der Waals surface area contributed by atoms with Gasteiger partial charge in [0.15, 0.2) is 0 Å². The van der Waals surface area contributed by atoms with Gasteiger partial charge in [-0.1, -0.05) is 0 Å². The molecule has 1 heterocycles. The van der Waals surface area contributed by atoms with Crippen molar-refractivity contribution in [3.63, 3.8) is 0 Å². The number of methoxy groups -OCH3 is 1. The third kappa shape index (κ3) is 3.42. The topological polar surface area (TPSA) is 62.6 Å². The average Bonchev–Trinajstić information content (AvgIpc) is 2.38. The normalized spacial score (nSPS) is 18.4. The Balaban J connectivity index is 2.56. The van der Waals surface area contributed by atoms with Crippen molar-refractivity contribution >= 4 is 5.91 Å². The summed E-state index contributed by atoms with van der Waals surface area (Å²) in [5.74, 6) is -0.0839. The first-order chi connectivity index (χ1) is 8.16. The summed E-state index contributed by atoms with van der Waals surface area (Å²) >= 11 is 0. The van der Waals surface area contributed by atoms with Gasteiger partial charge in [-0.3, -0.25) is 4.79 Å². The van der Waals surface area contributed by atoms with Crippen molar-refractivity contribution in [3.05, 3.63) is 0 Å². The maximum Gasteiger partial charge on any atom is 0.242 e. The molecular formula is C12H20N2O3. The van der Waals surface area contributed by atoms with Gasteiger partial charge in [-0.25, -0.2) is 0 Å². The molecule has 0 aromatic heterocycles. The van der Waals surface area contributed by atoms with Crippen molar-refractivity contribution in [1.82, 2.24) is 4.90 Å². The molecule has 0 atom stereocenters. The minimum atomic E-state index is -0.875. The Hall–Kier alpha value is -1.12. The molecule has 1 fully saturated rings. The Bertz CT molecular complexity index is 293. The lowest BCUT2D eigenvalue weighted by atomic mass is 9.80. The van der Waals surface area contributed by atoms with E-state index in [4.69, 9.17) is 9.47 Å². The molecule has 5 nitrogen and oxygen atoms in total. The predicted molar refractivity (Wildman–Crippen MR) is 62.2 cm³/mol. The molecule has 17 heavy (non-hydrogen) atoms. The molecule has 0 aromatic carbocycles. The summed E-state index contributed by atoms with van der Waals surface area (Å²) < 4.78 is 10.2. The number of nitriles is 1. The molecule has 1 amide bonds. The van der Waals surface area contributed by atoms with Gasteiger partial charge >= 0.3 is 0 Å². The van der Waals surface area contributed by atoms with Crippen LogP contribution in [-0.2, 0) is 14.3 Å². The van der Waals surface area contributed by atoms with Crippen LogP contribution in [0, 0.1) is 16.7 Å². The molecule has 5 heteroatoms. The van der Waals surface area contributed by atoms with Crippen molar-refractivity contribution in [1.29, 1.82) is 5.26 Å². The smallest absolute Gasteiger partial charge is 0.242 e. The summed E-state index contributed by atoms with van der Waals surface area (Å²) in [4.78, 5) is 13.9. The molecule has 0 spiro atoms. The van der Waals surface area contributed by atoms with Gasteiger partial charge in [0.25, 0.3) is 0 Å². The van der Waals surface area contributed by atoms with Gasteiger partial charge < -0.3 is 14.4 Å². The maximum absolute atomic E-state index is 12.3. The van der Waals surface area contributed by atoms with Gasteiger partial charge in [0.05, 0.1) is 6.07 Å². The second kappa shape index (κ2) is 6.58. The molecule has 0 unspecified atom stereocenters. The molecule has 0 N–H and O–H groups in total. The second-order valence-electron chi connectivity index (χ2n) is 4.38. The molecule has 96 valence electrons. The summed E-state index contributed by atoms with van der Waals surface area (Å²) in [6.07, 6.45) is 1.78. The number of nitrogens with zero attached hydrogens (tertiary/aromatic N) is 2. The Kier molecular flexibility index (Phi) is 5.39. The summed E-state index contributed by atoms with van der Waals surface area (Å²) in [6.45, 7) is 2.23. The third-order valence-electron chi connectivity index (χ3n) is 3.16. The summed E-state index contributed by atoms with van der Waals surface area (Å²) in [6, 6.07) is 2.19. The van der Waals surface area contributed by atoms with Crippen molar-refractivity contribution in [2.24, 2.45) is 5.41 Å². The number of carbonyl (C=O) groups excluding carboxylic acids is 1. The zero-order chi connectivity index (χ0) is 12.7. The van der Waals surface area contributed by atoms with E-state index in [1.807, 2.05) is 0 Å². The van der Waals surface area contributed by atoms with Gasteiger partial charge in [0.2, 0.25) is 5.91 Å². The van der Waals surface area contributed by atoms with E-state index in [2.05, 4.69) is 6.07 Å². The second-order valence-corrected chi connectivity index (χ2v) is 4.38. The van der Waals surface area contributed by atoms with Crippen LogP contribution in [0.4, 0.5) is 0 Å². The predicted octanol–water partition coefficient (Wildman–Crippen LogP) is 0.802. The van der Waals surface area contributed by atoms with Crippen LogP contribution < -0.4 is 0 Å². The van der Waals surface area contributed by atoms with E-state index in [1.54, 1.807) is 19.1 Å². The summed E-state index contributed by atoms with van der Waals surface area (Å²) in [7, 11) is 3.38. The van der Waals surface area contributed by atoms with E-state index in [0.717, 1.165) is 6.42 Å². The van der Waals surface area contributed by atoms with E-state index in [1.165, 1.54) is 0 Å². The van der Waals surface area contributed by atoms with Gasteiger partial charge in [-0.05, 0) is 19.3 Å². The molecule has 0 radical (unpaired) electrons. The standard InChI is InChI=1S/C12H20N2O3/c1-14(6-3-7-16-2)11(15)12(10-13)4-8-17-9-5-12/h3-9H2,1-2H3. The number of amides is 1. The molecule has 0 aromatic rings. The van der Waals surface area contributed by atoms with E-state index in [0.29, 0.717) is 39.2 Å². The van der Waals surface area contributed by atoms with Crippen molar-refractivity contribution in [2.75, 3.05) is 40.5 Å². The van der Waals surface area contributed by atoms with E-state index in [-0.39, 0.29) is 5.91 Å². The summed E-state index contributed by atoms with van der Waals surface area (Å²) in [5, 5.41) is 9.25. The van der Waals surface area contributed by atoms with Crippen molar-refractivity contribution < 1.29 is 14.3 Å². The van der Waals surface area contributed by atoms with E-state index >= 15 is 0 Å². The van der Waals surface area contributed by atoms with Gasteiger partial charge in [-0.2, -0.15) is 5.26 Å². The van der Waals surface area contributed by atoms with Gasteiger partial charge in [0.1, 0.15) is 5.41 Å². The highest BCUT2D eigenvalue weighted by Gasteiger charge is 2.41. The minimum Gasteiger partial charge on any atom is -0.385 e. The first-order valence-corrected chi connectivity index (χ1v) is 5.90. The van der Waals surface area contributed by atoms with E-state index in [9.17, 15) is 10.1 Å². The van der Waals surface area contributed by atoms with Crippen LogP contribution in [-0.4, -0.2) is 51.3 Å². The lowest BCUT2D eigenvalue weighted by Gasteiger charge is -2.33. The molecule has 1 saturated heterocycles. The quantitative estimate of drug-likeness (QED) is 0.667. The average molecular weight is 240 g/mol. The highest BCUT2D eigenvalue weighted by molar-refractivity contribution is 5.85. The third-order valence-corrected chi connectivity index (χ3v) is 3.16. The van der Waals surface area contributed by atoms with Crippen LogP contribution in [0.5, 0.6) is 0 Å². The number of hydrogen-bond acceptors (Lipinski definition) is 4. The number of carbonyl (C=O) groups is 1. The molecule has 0 bridgehead atoms. The van der Waals surface area contributed by atoms with Crippen LogP contribution in [0.1, 0.15) is 19.3 Å². The van der Waals surface area contributed by atoms with Crippen LogP contribution in [0.15, 0.2) is 0 Å². The number of ether oxygens (including phenoxy) is 2. The first kappa shape index (κ1) is 13.9. The zero-order valence-corrected chi connectivity index (χ0v) is 10.6. The van der Waals surface area contributed by atoms with Crippen LogP contribution in [0.3, 0.4) is 0 Å². The highest BCUT2D eigenvalue weighted by atomic mass is 16.5. The Labute approximate surface area is 102 Å².